The fourth-order valence-corrected chi connectivity index (χ4v) is 6.50. The van der Waals surface area contributed by atoms with Gasteiger partial charge in [0.2, 0.25) is 17.7 Å². The standard InChI is InChI=1S/C41H51N9O11/c1-3-27(2)35(46-41(55)61-26-29-14-8-5-9-15-29)38(53)48-23-11-17-34(48)37(52)45-33(24-28-12-6-4-7-13-28)36(51)44-32(16-10-22-43-40(42)47-50(58)59)39(54)60-25-30-18-20-31(21-19-30)49(56)57/h4-9,12-15,18-21,27,32-35H,3,10-11,16-17,22-26H2,1-2H3,(H,44,51)(H,45,52)(H,46,55)(H3,42,43,47)/t27-,32-,33-,34-,35-/m0/s1. The first-order valence-corrected chi connectivity index (χ1v) is 19.8. The molecule has 1 heterocycles. The molecule has 1 saturated heterocycles. The molecule has 326 valence electrons. The Morgan fingerprint density at radius 1 is 0.852 bits per heavy atom. The minimum atomic E-state index is -1.30. The van der Waals surface area contributed by atoms with Gasteiger partial charge in [0.1, 0.15) is 37.4 Å². The summed E-state index contributed by atoms with van der Waals surface area (Å²) < 4.78 is 10.9. The van der Waals surface area contributed by atoms with Crippen molar-refractivity contribution in [3.8, 4) is 0 Å². The zero-order valence-corrected chi connectivity index (χ0v) is 33.9. The van der Waals surface area contributed by atoms with Crippen LogP contribution in [-0.4, -0.2) is 87.9 Å². The number of aliphatic imine (C=N–C) groups is 1. The number of rotatable bonds is 21. The molecule has 5 atom stereocenters. The molecule has 1 aliphatic heterocycles. The van der Waals surface area contributed by atoms with Crippen LogP contribution in [0.5, 0.6) is 0 Å². The van der Waals surface area contributed by atoms with Crippen LogP contribution in [0, 0.1) is 26.1 Å². The Morgan fingerprint density at radius 3 is 2.10 bits per heavy atom. The molecule has 4 amide bonds. The van der Waals surface area contributed by atoms with Gasteiger partial charge in [0.15, 0.2) is 5.03 Å². The predicted octanol–water partition coefficient (Wildman–Crippen LogP) is 3.06. The van der Waals surface area contributed by atoms with E-state index >= 15 is 0 Å². The molecule has 0 aliphatic carbocycles. The summed E-state index contributed by atoms with van der Waals surface area (Å²) in [5.41, 5.74) is 8.95. The van der Waals surface area contributed by atoms with Crippen molar-refractivity contribution in [3.63, 3.8) is 0 Å². The van der Waals surface area contributed by atoms with Crippen LogP contribution >= 0.6 is 0 Å². The Labute approximate surface area is 351 Å². The molecular weight excluding hydrogens is 795 g/mol. The summed E-state index contributed by atoms with van der Waals surface area (Å²) in [5, 5.41) is 29.0. The number of ether oxygens (including phenoxy) is 2. The molecule has 20 nitrogen and oxygen atoms in total. The number of nitrogens with zero attached hydrogens (tertiary/aromatic N) is 4. The van der Waals surface area contributed by atoms with Crippen LogP contribution < -0.4 is 27.1 Å². The van der Waals surface area contributed by atoms with E-state index in [1.807, 2.05) is 32.0 Å². The first kappa shape index (κ1) is 46.6. The van der Waals surface area contributed by atoms with Gasteiger partial charge in [-0.05, 0) is 60.4 Å². The average Bonchev–Trinajstić information content (AvgIpc) is 3.75. The number of nitro benzene ring substituents is 1. The van der Waals surface area contributed by atoms with Crippen LogP contribution in [-0.2, 0) is 48.3 Å². The van der Waals surface area contributed by atoms with E-state index in [1.54, 1.807) is 47.9 Å². The molecule has 0 aromatic heterocycles. The highest BCUT2D eigenvalue weighted by Crippen LogP contribution is 2.22. The van der Waals surface area contributed by atoms with Gasteiger partial charge in [-0.3, -0.25) is 24.5 Å². The van der Waals surface area contributed by atoms with Crippen molar-refractivity contribution >= 4 is 41.4 Å². The topological polar surface area (TPSA) is 280 Å². The number of nitro groups is 2. The van der Waals surface area contributed by atoms with Crippen LogP contribution in [0.15, 0.2) is 89.9 Å². The number of carbonyl (C=O) groups excluding carboxylic acids is 5. The zero-order chi connectivity index (χ0) is 44.3. The Bertz CT molecular complexity index is 2000. The minimum absolute atomic E-state index is 0.00132. The number of hydrazine groups is 1. The van der Waals surface area contributed by atoms with Gasteiger partial charge in [-0.15, -0.1) is 0 Å². The lowest BCUT2D eigenvalue weighted by Crippen LogP contribution is -2.58. The van der Waals surface area contributed by atoms with Crippen LogP contribution in [0.2, 0.25) is 0 Å². The summed E-state index contributed by atoms with van der Waals surface area (Å²) in [4.78, 5) is 95.1. The van der Waals surface area contributed by atoms with Crippen LogP contribution in [0.25, 0.3) is 0 Å². The van der Waals surface area contributed by atoms with E-state index in [0.717, 1.165) is 5.56 Å². The lowest BCUT2D eigenvalue weighted by atomic mass is 9.97. The SMILES string of the molecule is CC[C@H](C)[C@H](NC(=O)OCc1ccccc1)C(=O)N1CCC[C@H]1C(=O)N[C@@H](Cc1ccccc1)C(=O)N[C@@H](CCCN=C(N)N[N+](=O)[O-])C(=O)OCc1ccc([N+](=O)[O-])cc1. The number of carbonyl (C=O) groups is 5. The molecule has 1 aliphatic rings. The van der Waals surface area contributed by atoms with E-state index in [2.05, 4.69) is 20.9 Å². The van der Waals surface area contributed by atoms with Crippen molar-refractivity contribution in [1.82, 2.24) is 26.3 Å². The molecule has 4 rings (SSSR count). The second-order valence-corrected chi connectivity index (χ2v) is 14.4. The molecule has 1 fully saturated rings. The van der Waals surface area contributed by atoms with E-state index in [1.165, 1.54) is 29.2 Å². The smallest absolute Gasteiger partial charge is 0.408 e. The third-order valence-corrected chi connectivity index (χ3v) is 9.99. The molecule has 0 unspecified atom stereocenters. The maximum absolute atomic E-state index is 14.1. The Morgan fingerprint density at radius 2 is 1.48 bits per heavy atom. The van der Waals surface area contributed by atoms with E-state index in [0.29, 0.717) is 24.0 Å². The van der Waals surface area contributed by atoms with Gasteiger partial charge >= 0.3 is 12.1 Å². The van der Waals surface area contributed by atoms with Crippen molar-refractivity contribution < 1.29 is 43.4 Å². The van der Waals surface area contributed by atoms with Crippen molar-refractivity contribution in [1.29, 1.82) is 0 Å². The summed E-state index contributed by atoms with van der Waals surface area (Å²) in [6.45, 7) is 3.56. The summed E-state index contributed by atoms with van der Waals surface area (Å²) in [7, 11) is 0. The largest absolute Gasteiger partial charge is 0.459 e. The van der Waals surface area contributed by atoms with E-state index in [-0.39, 0.29) is 63.6 Å². The summed E-state index contributed by atoms with van der Waals surface area (Å²) in [6.07, 6.45) is 0.569. The monoisotopic (exact) mass is 845 g/mol. The molecule has 0 saturated carbocycles. The molecule has 6 N–H and O–H groups in total. The van der Waals surface area contributed by atoms with Gasteiger partial charge in [-0.2, -0.15) is 0 Å². The fourth-order valence-electron chi connectivity index (χ4n) is 6.50. The number of nitrogens with one attached hydrogen (secondary N) is 4. The molecule has 0 bridgehead atoms. The molecular formula is C41H51N9O11. The number of amides is 4. The third kappa shape index (κ3) is 14.9. The van der Waals surface area contributed by atoms with Gasteiger partial charge in [0, 0.05) is 31.6 Å². The molecule has 3 aromatic rings. The van der Waals surface area contributed by atoms with E-state index in [9.17, 15) is 44.2 Å². The summed E-state index contributed by atoms with van der Waals surface area (Å²) >= 11 is 0. The molecule has 20 heteroatoms. The molecule has 61 heavy (non-hydrogen) atoms. The first-order valence-electron chi connectivity index (χ1n) is 19.8. The third-order valence-electron chi connectivity index (χ3n) is 9.99. The van der Waals surface area contributed by atoms with Crippen molar-refractivity contribution in [3.05, 3.63) is 122 Å². The van der Waals surface area contributed by atoms with Crippen molar-refractivity contribution in [2.45, 2.75) is 89.8 Å². The van der Waals surface area contributed by atoms with Gasteiger partial charge in [-0.1, -0.05) is 86.4 Å². The number of likely N-dealkylation sites (tertiary alicyclic amines) is 1. The quantitative estimate of drug-likeness (QED) is 0.0258. The van der Waals surface area contributed by atoms with Gasteiger partial charge in [0.05, 0.1) is 4.92 Å². The highest BCUT2D eigenvalue weighted by Gasteiger charge is 2.40. The number of guanidine groups is 1. The lowest BCUT2D eigenvalue weighted by Gasteiger charge is -2.32. The number of hydrogen-bond donors (Lipinski definition) is 5. The first-order chi connectivity index (χ1) is 29.2. The predicted molar refractivity (Wildman–Crippen MR) is 220 cm³/mol. The van der Waals surface area contributed by atoms with Gasteiger partial charge in [-0.25, -0.2) is 24.7 Å². The van der Waals surface area contributed by atoms with E-state index in [4.69, 9.17) is 15.2 Å². The molecule has 0 spiro atoms. The fraction of sp³-hybridized carbons (Fsp3) is 0.415. The molecule has 3 aromatic carbocycles. The maximum Gasteiger partial charge on any atom is 0.408 e. The highest BCUT2D eigenvalue weighted by atomic mass is 16.7. The lowest BCUT2D eigenvalue weighted by molar-refractivity contribution is -0.525. The summed E-state index contributed by atoms with van der Waals surface area (Å²) in [6, 6.07) is 18.7. The zero-order valence-electron chi connectivity index (χ0n) is 33.9. The van der Waals surface area contributed by atoms with Gasteiger partial charge in [0.25, 0.3) is 11.6 Å². The van der Waals surface area contributed by atoms with Crippen LogP contribution in [0.1, 0.15) is 62.6 Å². The Kier molecular flexibility index (Phi) is 17.9. The second-order valence-electron chi connectivity index (χ2n) is 14.4. The van der Waals surface area contributed by atoms with Crippen molar-refractivity contribution in [2.24, 2.45) is 16.6 Å². The second kappa shape index (κ2) is 23.5. The van der Waals surface area contributed by atoms with Crippen LogP contribution in [0.4, 0.5) is 10.5 Å². The van der Waals surface area contributed by atoms with Crippen molar-refractivity contribution in [2.75, 3.05) is 13.1 Å². The maximum atomic E-state index is 14.1. The highest BCUT2D eigenvalue weighted by molar-refractivity contribution is 5.95. The number of nitrogens with two attached hydrogens (primary N) is 1. The van der Waals surface area contributed by atoms with Crippen LogP contribution in [0.3, 0.4) is 0 Å². The average molecular weight is 846 g/mol. The minimum Gasteiger partial charge on any atom is -0.459 e. The Balaban J connectivity index is 1.50. The Hall–Kier alpha value is -7.12. The number of benzene rings is 3. The number of esters is 1. The number of non-ortho nitro benzene ring substituents is 1. The van der Waals surface area contributed by atoms with Gasteiger partial charge < -0.3 is 36.1 Å². The number of alkyl carbamates (subject to hydrolysis) is 1. The van der Waals surface area contributed by atoms with E-state index < -0.39 is 69.9 Å². The number of hydrogen-bond acceptors (Lipinski definition) is 12. The normalized spacial score (nSPS) is 15.6. The summed E-state index contributed by atoms with van der Waals surface area (Å²) in [5.74, 6) is -3.48. The molecule has 0 radical (unpaired) electrons.